The molecule has 147 heavy (non-hydrogen) atoms. The van der Waals surface area contributed by atoms with Gasteiger partial charge in [-0.2, -0.15) is 0 Å². The van der Waals surface area contributed by atoms with Gasteiger partial charge in [-0.3, -0.25) is 0 Å². The molecule has 6 aliphatic rings. The van der Waals surface area contributed by atoms with Crippen LogP contribution in [0.3, 0.4) is 0 Å². The van der Waals surface area contributed by atoms with Crippen LogP contribution in [-0.4, -0.2) is 0 Å². The number of rotatable bonds is 20. The first-order valence-corrected chi connectivity index (χ1v) is 51.8. The summed E-state index contributed by atoms with van der Waals surface area (Å²) in [5, 5.41) is 3.41. The zero-order valence-electron chi connectivity index (χ0n) is 83.3. The standard InChI is InChI=1S/C141H107N3O3/c1-139(2)125-84-63-106(87-123(125)137-134(139)131-119(39-25-43-129(131)146-137)120-40-23-41-122-132-136(147-135(120)122)121-83-62-108(89-127(121)141(132,5)6)102-58-79-116(80-59-102)142(109-65-44-95(45-66-109)90-26-12-7-13-27-90)110-67-46-96(47-68-110)91-28-14-8-15-29-91)101-56-77-115(78-57-101)143(111-69-48-97(49-70-111)92-30-16-9-17-31-92)114-75-54-100(55-76-114)104-36-22-37-105(86-104)107-64-85-128-124(88-107)133-138(145-128)130-118(38-24-42-126(130)140(133,3)4)103-60-81-117(82-61-103)144(112-71-50-98(51-72-112)93-32-18-10-19-33-93)113-73-52-99(53-74-113)94-34-20-11-21-35-94/h7-16,18-30,32-46,48,50-67,69,71-89H,17,31,47,49,68,70H2,1-6H3. The van der Waals surface area contributed by atoms with E-state index < -0.39 is 0 Å². The fourth-order valence-corrected chi connectivity index (χ4v) is 24.7. The maximum atomic E-state index is 7.38. The largest absolute Gasteiger partial charge is 0.456 e. The highest BCUT2D eigenvalue weighted by molar-refractivity contribution is 6.10. The lowest BCUT2D eigenvalue weighted by Gasteiger charge is -2.30. The van der Waals surface area contributed by atoms with Gasteiger partial charge in [-0.05, 0) is 306 Å². The van der Waals surface area contributed by atoms with Crippen molar-refractivity contribution in [1.82, 2.24) is 0 Å². The quantitative estimate of drug-likeness (QED) is 0.0758. The third-order valence-corrected chi connectivity index (χ3v) is 32.2. The molecule has 704 valence electrons. The molecular formula is C141H107N3O3. The number of nitrogens with zero attached hydrogens (tertiary/aromatic N) is 3. The van der Waals surface area contributed by atoms with Crippen LogP contribution < -0.4 is 14.7 Å². The lowest BCUT2D eigenvalue weighted by atomic mass is 9.79. The summed E-state index contributed by atoms with van der Waals surface area (Å²) in [7, 11) is 0. The summed E-state index contributed by atoms with van der Waals surface area (Å²) in [6, 6.07) is 156. The second-order valence-corrected chi connectivity index (χ2v) is 41.9. The van der Waals surface area contributed by atoms with Crippen LogP contribution in [0.5, 0.6) is 0 Å². The topological polar surface area (TPSA) is 49.1 Å². The van der Waals surface area contributed by atoms with Crippen molar-refractivity contribution in [2.75, 3.05) is 14.7 Å². The van der Waals surface area contributed by atoms with Crippen molar-refractivity contribution in [3.8, 4) is 134 Å². The smallest absolute Gasteiger partial charge is 0.142 e. The van der Waals surface area contributed by atoms with Gasteiger partial charge in [-0.15, -0.1) is 0 Å². The van der Waals surface area contributed by atoms with Crippen LogP contribution in [0.4, 0.5) is 39.8 Å². The zero-order valence-corrected chi connectivity index (χ0v) is 83.3. The third kappa shape index (κ3) is 15.2. The van der Waals surface area contributed by atoms with Crippen LogP contribution in [0.15, 0.2) is 503 Å². The minimum Gasteiger partial charge on any atom is -0.456 e. The molecule has 27 rings (SSSR count). The lowest BCUT2D eigenvalue weighted by Crippen LogP contribution is -2.18. The van der Waals surface area contributed by atoms with E-state index >= 15 is 0 Å². The van der Waals surface area contributed by atoms with Crippen molar-refractivity contribution < 1.29 is 13.3 Å². The molecule has 0 N–H and O–H groups in total. The van der Waals surface area contributed by atoms with Gasteiger partial charge in [0.2, 0.25) is 0 Å². The molecule has 0 fully saturated rings. The number of benzene rings is 18. The molecule has 18 aromatic carbocycles. The fraction of sp³-hybridized carbons (Fsp3) is 0.106. The first-order chi connectivity index (χ1) is 72.1. The Morgan fingerprint density at radius 1 is 0.218 bits per heavy atom. The average molecular weight is 1890 g/mol. The molecule has 0 unspecified atom stereocenters. The third-order valence-electron chi connectivity index (χ3n) is 32.2. The van der Waals surface area contributed by atoms with Gasteiger partial charge >= 0.3 is 0 Å². The van der Waals surface area contributed by atoms with E-state index in [0.717, 1.165) is 201 Å². The van der Waals surface area contributed by atoms with E-state index in [1.807, 2.05) is 0 Å². The zero-order chi connectivity index (χ0) is 98.3. The average Bonchev–Trinajstić information content (AvgIpc) is 1.54. The molecular weight excluding hydrogens is 1780 g/mol. The normalized spacial score (nSPS) is 14.8. The lowest BCUT2D eigenvalue weighted by molar-refractivity contribution is 0.619. The Labute approximate surface area is 859 Å². The summed E-state index contributed by atoms with van der Waals surface area (Å²) < 4.78 is 21.7. The molecule has 0 bridgehead atoms. The van der Waals surface area contributed by atoms with Gasteiger partial charge in [-0.1, -0.05) is 375 Å². The van der Waals surface area contributed by atoms with E-state index in [0.29, 0.717) is 0 Å². The molecule has 3 aromatic heterocycles. The number of para-hydroxylation sites is 1. The van der Waals surface area contributed by atoms with Crippen LogP contribution in [0.1, 0.15) is 119 Å². The minimum atomic E-state index is -0.376. The van der Waals surface area contributed by atoms with E-state index in [2.05, 4.69) is 523 Å². The maximum Gasteiger partial charge on any atom is 0.142 e. The second-order valence-electron chi connectivity index (χ2n) is 41.9. The molecule has 6 nitrogen and oxygen atoms in total. The summed E-state index contributed by atoms with van der Waals surface area (Å²) >= 11 is 0. The van der Waals surface area contributed by atoms with Gasteiger partial charge in [0.25, 0.3) is 0 Å². The Kier molecular flexibility index (Phi) is 21.3. The molecule has 0 spiro atoms. The second kappa shape index (κ2) is 35.5. The molecule has 3 heterocycles. The number of hydrogen-bond acceptors (Lipinski definition) is 6. The number of furan rings is 3. The van der Waals surface area contributed by atoms with E-state index in [4.69, 9.17) is 13.3 Å². The van der Waals surface area contributed by atoms with Crippen molar-refractivity contribution >= 4 is 78.3 Å². The number of fused-ring (bicyclic) bond motifs is 15. The summed E-state index contributed by atoms with van der Waals surface area (Å²) in [5.41, 5.74) is 49.1. The van der Waals surface area contributed by atoms with Crippen LogP contribution in [-0.2, 0) is 16.2 Å². The van der Waals surface area contributed by atoms with Crippen LogP contribution >= 0.6 is 0 Å². The number of allylic oxidation sites excluding steroid dienone is 12. The fourth-order valence-electron chi connectivity index (χ4n) is 24.7. The highest BCUT2D eigenvalue weighted by Gasteiger charge is 2.46. The van der Waals surface area contributed by atoms with Crippen molar-refractivity contribution in [1.29, 1.82) is 0 Å². The molecule has 0 amide bonds. The van der Waals surface area contributed by atoms with Gasteiger partial charge in [0, 0.05) is 123 Å². The van der Waals surface area contributed by atoms with Gasteiger partial charge in [0.05, 0.1) is 0 Å². The van der Waals surface area contributed by atoms with E-state index in [-0.39, 0.29) is 16.2 Å². The Morgan fingerprint density at radius 3 is 1.15 bits per heavy atom. The SMILES string of the molecule is CC1(C)c2cccc(-c3ccc(N(c4ccc(-c5ccccc5)cc4)c4ccc(-c5ccccc5)cc4)cc3)c2-c2oc3ccc(-c4cccc(-c5ccc(N(C6=CC=C(C7=CC=CCC7)CC6)c6ccc(-c7ccc8c(c7)-c7oc9cccc(-c%10cccc%11c%12c(oc%10%11)-c%10ccc(-c%11ccc(N(C%13=CC=C(c%14ccccc%14)CC%13)c%13ccc(-c%14ccccc%14)cc%13)cc%11)cc%10C%12(C)C)c9c7C8(C)C)cc6)cc5)c4)cc3c21. The van der Waals surface area contributed by atoms with Gasteiger partial charge in [0.1, 0.15) is 34.0 Å². The van der Waals surface area contributed by atoms with Crippen molar-refractivity contribution in [2.24, 2.45) is 0 Å². The van der Waals surface area contributed by atoms with Crippen molar-refractivity contribution in [3.63, 3.8) is 0 Å². The summed E-state index contributed by atoms with van der Waals surface area (Å²) in [6.07, 6.45) is 22.1. The molecule has 0 atom stereocenters. The van der Waals surface area contributed by atoms with Gasteiger partial charge < -0.3 is 28.0 Å². The van der Waals surface area contributed by atoms with Crippen LogP contribution in [0.2, 0.25) is 0 Å². The summed E-state index contributed by atoms with van der Waals surface area (Å²) in [5.74, 6) is 2.83. The Hall–Kier alpha value is -17.6. The predicted molar refractivity (Wildman–Crippen MR) is 613 cm³/mol. The van der Waals surface area contributed by atoms with Crippen LogP contribution in [0.25, 0.3) is 173 Å². The Bertz CT molecular complexity index is 8930. The van der Waals surface area contributed by atoms with E-state index in [1.165, 1.54) is 112 Å². The predicted octanol–water partition coefficient (Wildman–Crippen LogP) is 39.2. The molecule has 21 aromatic rings. The monoisotopic (exact) mass is 1890 g/mol. The first-order valence-electron chi connectivity index (χ1n) is 51.8. The number of hydrogen-bond donors (Lipinski definition) is 0. The van der Waals surface area contributed by atoms with Gasteiger partial charge in [-0.25, -0.2) is 0 Å². The first kappa shape index (κ1) is 88.4. The van der Waals surface area contributed by atoms with Gasteiger partial charge in [0.15, 0.2) is 0 Å². The summed E-state index contributed by atoms with van der Waals surface area (Å²) in [6.45, 7) is 14.2. The van der Waals surface area contributed by atoms with Crippen molar-refractivity contribution in [2.45, 2.75) is 96.3 Å². The molecule has 0 aliphatic heterocycles. The minimum absolute atomic E-state index is 0.335. The number of anilines is 7. The van der Waals surface area contributed by atoms with Crippen molar-refractivity contribution in [3.05, 3.63) is 529 Å². The highest BCUT2D eigenvalue weighted by Crippen LogP contribution is 2.61. The summed E-state index contributed by atoms with van der Waals surface area (Å²) in [4.78, 5) is 7.27. The van der Waals surface area contributed by atoms with E-state index in [1.54, 1.807) is 0 Å². The molecule has 6 heteroatoms. The Morgan fingerprint density at radius 2 is 0.612 bits per heavy atom. The maximum absolute atomic E-state index is 7.38. The van der Waals surface area contributed by atoms with E-state index in [9.17, 15) is 0 Å². The Balaban J connectivity index is 0.460. The molecule has 0 saturated heterocycles. The molecule has 0 saturated carbocycles. The molecule has 6 aliphatic carbocycles. The molecule has 0 radical (unpaired) electrons. The van der Waals surface area contributed by atoms with Crippen LogP contribution in [0, 0.1) is 0 Å². The highest BCUT2D eigenvalue weighted by atomic mass is 16.3.